The SMILES string of the molecule is C[C@@H]1COC[C@H]2COc3c(CN/C=C(\N)C(=O)O)nc(-c4ccnc5[nH]ccc45)nc3N21. The van der Waals surface area contributed by atoms with E-state index in [2.05, 4.69) is 27.1 Å². The highest BCUT2D eigenvalue weighted by Gasteiger charge is 2.37. The van der Waals surface area contributed by atoms with Gasteiger partial charge in [-0.15, -0.1) is 0 Å². The van der Waals surface area contributed by atoms with Crippen LogP contribution in [-0.4, -0.2) is 62.9 Å². The van der Waals surface area contributed by atoms with Crippen LogP contribution in [0.25, 0.3) is 22.4 Å². The Morgan fingerprint density at radius 3 is 3.09 bits per heavy atom. The standard InChI is InChI=1S/C21H23N7O4/c1-11-8-31-9-12-10-32-17-16(7-23-6-15(22)21(29)30)26-19(27-20(17)28(11)12)14-3-5-25-18-13(14)2-4-24-18/h2-6,11-12,23H,7-10,22H2,1H3,(H,24,25)(H,29,30)/b15-6-/t11-,12+/m1/s1. The van der Waals surface area contributed by atoms with Crippen LogP contribution in [0, 0.1) is 0 Å². The number of aliphatic carboxylic acids is 1. The summed E-state index contributed by atoms with van der Waals surface area (Å²) in [6, 6.07) is 3.99. The molecule has 3 aromatic rings. The first-order valence-corrected chi connectivity index (χ1v) is 10.3. The van der Waals surface area contributed by atoms with E-state index in [0.29, 0.717) is 42.9 Å². The first kappa shape index (κ1) is 20.1. The zero-order chi connectivity index (χ0) is 22.2. The molecule has 0 saturated carbocycles. The molecule has 0 bridgehead atoms. The molecule has 0 spiro atoms. The van der Waals surface area contributed by atoms with Crippen LogP contribution < -0.4 is 20.7 Å². The maximum absolute atomic E-state index is 11.0. The van der Waals surface area contributed by atoms with Crippen molar-refractivity contribution >= 4 is 22.8 Å². The number of anilines is 1. The Kier molecular flexibility index (Phi) is 5.02. The van der Waals surface area contributed by atoms with Gasteiger partial charge in [-0.25, -0.2) is 19.7 Å². The predicted octanol–water partition coefficient (Wildman–Crippen LogP) is 0.980. The van der Waals surface area contributed by atoms with Crippen molar-refractivity contribution in [3.05, 3.63) is 42.1 Å². The molecule has 11 heteroatoms. The number of carbonyl (C=O) groups is 1. The summed E-state index contributed by atoms with van der Waals surface area (Å²) in [6.07, 6.45) is 4.78. The average Bonchev–Trinajstić information content (AvgIpc) is 3.27. The lowest BCUT2D eigenvalue weighted by atomic mass is 10.1. The molecular formula is C21H23N7O4. The molecule has 1 saturated heterocycles. The van der Waals surface area contributed by atoms with E-state index in [-0.39, 0.29) is 24.3 Å². The number of fused-ring (bicyclic) bond motifs is 4. The molecule has 0 radical (unpaired) electrons. The minimum absolute atomic E-state index is 0.0575. The molecular weight excluding hydrogens is 414 g/mol. The summed E-state index contributed by atoms with van der Waals surface area (Å²) in [7, 11) is 0. The summed E-state index contributed by atoms with van der Waals surface area (Å²) in [5.74, 6) is 0.615. The molecule has 0 aromatic carbocycles. The van der Waals surface area contributed by atoms with Crippen molar-refractivity contribution in [3.8, 4) is 17.1 Å². The van der Waals surface area contributed by atoms with Crippen LogP contribution >= 0.6 is 0 Å². The Balaban J connectivity index is 1.62. The smallest absolute Gasteiger partial charge is 0.353 e. The topological polar surface area (TPSA) is 152 Å². The fraction of sp³-hybridized carbons (Fsp3) is 0.333. The van der Waals surface area contributed by atoms with Crippen molar-refractivity contribution in [1.82, 2.24) is 25.3 Å². The van der Waals surface area contributed by atoms with Gasteiger partial charge in [-0.05, 0) is 19.1 Å². The summed E-state index contributed by atoms with van der Waals surface area (Å²) >= 11 is 0. The van der Waals surface area contributed by atoms with Crippen molar-refractivity contribution < 1.29 is 19.4 Å². The van der Waals surface area contributed by atoms with Gasteiger partial charge in [0.25, 0.3) is 0 Å². The molecule has 2 aliphatic rings. The van der Waals surface area contributed by atoms with Gasteiger partial charge in [0.05, 0.1) is 31.8 Å². The summed E-state index contributed by atoms with van der Waals surface area (Å²) in [5, 5.41) is 12.8. The molecule has 1 fully saturated rings. The Hall–Kier alpha value is -3.86. The molecule has 2 aliphatic heterocycles. The number of rotatable bonds is 5. The molecule has 5 N–H and O–H groups in total. The number of nitrogens with two attached hydrogens (primary N) is 1. The van der Waals surface area contributed by atoms with Crippen LogP contribution in [0.3, 0.4) is 0 Å². The van der Waals surface area contributed by atoms with Crippen molar-refractivity contribution in [2.75, 3.05) is 24.7 Å². The molecule has 32 heavy (non-hydrogen) atoms. The van der Waals surface area contributed by atoms with Crippen molar-refractivity contribution in [2.24, 2.45) is 5.73 Å². The van der Waals surface area contributed by atoms with Crippen LogP contribution in [0.1, 0.15) is 12.6 Å². The van der Waals surface area contributed by atoms with Crippen LogP contribution in [-0.2, 0) is 16.1 Å². The summed E-state index contributed by atoms with van der Waals surface area (Å²) in [5.41, 5.74) is 7.40. The first-order valence-electron chi connectivity index (χ1n) is 10.3. The summed E-state index contributed by atoms with van der Waals surface area (Å²) in [4.78, 5) is 30.4. The van der Waals surface area contributed by atoms with Gasteiger partial charge in [0.2, 0.25) is 0 Å². The Morgan fingerprint density at radius 1 is 1.38 bits per heavy atom. The highest BCUT2D eigenvalue weighted by atomic mass is 16.5. The maximum Gasteiger partial charge on any atom is 0.353 e. The number of hydrogen-bond donors (Lipinski definition) is 4. The zero-order valence-corrected chi connectivity index (χ0v) is 17.4. The normalized spacial score (nSPS) is 20.4. The second kappa shape index (κ2) is 8.00. The number of carboxylic acids is 1. The second-order valence-corrected chi connectivity index (χ2v) is 7.79. The highest BCUT2D eigenvalue weighted by molar-refractivity contribution is 5.91. The van der Waals surface area contributed by atoms with E-state index in [1.165, 1.54) is 6.20 Å². The van der Waals surface area contributed by atoms with Crippen LogP contribution in [0.5, 0.6) is 5.75 Å². The number of nitrogens with zero attached hydrogens (tertiary/aromatic N) is 4. The fourth-order valence-corrected chi connectivity index (χ4v) is 4.11. The van der Waals surface area contributed by atoms with E-state index in [1.807, 2.05) is 18.3 Å². The summed E-state index contributed by atoms with van der Waals surface area (Å²) in [6.45, 7) is 3.92. The Bertz CT molecular complexity index is 1210. The number of morpholine rings is 1. The number of hydrogen-bond acceptors (Lipinski definition) is 9. The first-order chi connectivity index (χ1) is 15.5. The monoisotopic (exact) mass is 437 g/mol. The molecule has 5 heterocycles. The van der Waals surface area contributed by atoms with Gasteiger partial charge in [0, 0.05) is 29.5 Å². The van der Waals surface area contributed by atoms with Gasteiger partial charge in [-0.3, -0.25) is 0 Å². The van der Waals surface area contributed by atoms with E-state index in [4.69, 9.17) is 30.3 Å². The second-order valence-electron chi connectivity index (χ2n) is 7.79. The zero-order valence-electron chi connectivity index (χ0n) is 17.4. The number of aromatic nitrogens is 4. The van der Waals surface area contributed by atoms with Gasteiger partial charge in [-0.2, -0.15) is 0 Å². The molecule has 5 rings (SSSR count). The highest BCUT2D eigenvalue weighted by Crippen LogP contribution is 2.39. The van der Waals surface area contributed by atoms with Gasteiger partial charge in [-0.1, -0.05) is 0 Å². The van der Waals surface area contributed by atoms with Crippen molar-refractivity contribution in [2.45, 2.75) is 25.6 Å². The lowest BCUT2D eigenvalue weighted by molar-refractivity contribution is -0.132. The summed E-state index contributed by atoms with van der Waals surface area (Å²) < 4.78 is 11.8. The van der Waals surface area contributed by atoms with Crippen molar-refractivity contribution in [1.29, 1.82) is 0 Å². The van der Waals surface area contributed by atoms with Gasteiger partial charge >= 0.3 is 5.97 Å². The van der Waals surface area contributed by atoms with E-state index >= 15 is 0 Å². The fourth-order valence-electron chi connectivity index (χ4n) is 4.11. The molecule has 11 nitrogen and oxygen atoms in total. The molecule has 166 valence electrons. The number of carboxylic acid groups (broad SMARTS) is 1. The number of ether oxygens (including phenoxy) is 2. The largest absolute Gasteiger partial charge is 0.486 e. The third-order valence-corrected chi connectivity index (χ3v) is 5.60. The number of pyridine rings is 1. The van der Waals surface area contributed by atoms with Crippen LogP contribution in [0.2, 0.25) is 0 Å². The number of H-pyrrole nitrogens is 1. The average molecular weight is 437 g/mol. The van der Waals surface area contributed by atoms with E-state index in [9.17, 15) is 4.79 Å². The number of nitrogens with one attached hydrogen (secondary N) is 2. The van der Waals surface area contributed by atoms with Crippen LogP contribution in [0.15, 0.2) is 36.4 Å². The molecule has 3 aromatic heterocycles. The van der Waals surface area contributed by atoms with Crippen LogP contribution in [0.4, 0.5) is 5.82 Å². The van der Waals surface area contributed by atoms with E-state index in [0.717, 1.165) is 16.6 Å². The minimum atomic E-state index is -1.20. The lowest BCUT2D eigenvalue weighted by Crippen LogP contribution is -2.56. The number of aromatic amines is 1. The lowest BCUT2D eigenvalue weighted by Gasteiger charge is -2.44. The molecule has 0 unspecified atom stereocenters. The minimum Gasteiger partial charge on any atom is -0.486 e. The third-order valence-electron chi connectivity index (χ3n) is 5.60. The van der Waals surface area contributed by atoms with E-state index in [1.54, 1.807) is 6.20 Å². The van der Waals surface area contributed by atoms with Crippen molar-refractivity contribution in [3.63, 3.8) is 0 Å². The quantitative estimate of drug-likeness (QED) is 0.425. The van der Waals surface area contributed by atoms with Gasteiger partial charge in [0.15, 0.2) is 17.4 Å². The maximum atomic E-state index is 11.0. The molecule has 0 aliphatic carbocycles. The predicted molar refractivity (Wildman–Crippen MR) is 116 cm³/mol. The van der Waals surface area contributed by atoms with Gasteiger partial charge < -0.3 is 35.5 Å². The van der Waals surface area contributed by atoms with Gasteiger partial charge in [0.1, 0.15) is 23.6 Å². The Morgan fingerprint density at radius 2 is 2.25 bits per heavy atom. The molecule has 0 amide bonds. The van der Waals surface area contributed by atoms with E-state index < -0.39 is 5.97 Å². The third kappa shape index (κ3) is 3.46. The Labute approximate surface area is 183 Å². The molecule has 2 atom stereocenters.